The van der Waals surface area contributed by atoms with Crippen LogP contribution in [-0.4, -0.2) is 31.7 Å². The van der Waals surface area contributed by atoms with Gasteiger partial charge in [-0.25, -0.2) is 13.4 Å². The van der Waals surface area contributed by atoms with Crippen molar-refractivity contribution in [1.29, 1.82) is 5.26 Å². The predicted octanol–water partition coefficient (Wildman–Crippen LogP) is 1.32. The van der Waals surface area contributed by atoms with E-state index in [0.717, 1.165) is 0 Å². The van der Waals surface area contributed by atoms with Crippen molar-refractivity contribution in [2.75, 3.05) is 17.9 Å². The largest absolute Gasteiger partial charge is 0.475 e. The highest BCUT2D eigenvalue weighted by Gasteiger charge is 2.15. The number of anilines is 1. The molecular formula is C15H15N3O4S. The van der Waals surface area contributed by atoms with E-state index >= 15 is 0 Å². The first-order valence-electron chi connectivity index (χ1n) is 6.73. The highest BCUT2D eigenvalue weighted by Crippen LogP contribution is 2.19. The van der Waals surface area contributed by atoms with Gasteiger partial charge >= 0.3 is 0 Å². The highest BCUT2D eigenvalue weighted by atomic mass is 32.2. The molecule has 0 radical (unpaired) electrons. The van der Waals surface area contributed by atoms with Crippen LogP contribution in [-0.2, 0) is 16.4 Å². The Bertz CT molecular complexity index is 815. The molecule has 0 saturated carbocycles. The van der Waals surface area contributed by atoms with E-state index in [1.54, 1.807) is 12.1 Å². The monoisotopic (exact) mass is 333 g/mol. The molecular weight excluding hydrogens is 318 g/mol. The van der Waals surface area contributed by atoms with Crippen molar-refractivity contribution < 1.29 is 18.3 Å². The highest BCUT2D eigenvalue weighted by molar-refractivity contribution is 7.92. The van der Waals surface area contributed by atoms with Crippen LogP contribution < -0.4 is 9.46 Å². The molecule has 0 aliphatic carbocycles. The predicted molar refractivity (Wildman–Crippen MR) is 83.4 cm³/mol. The molecule has 1 aromatic heterocycles. The second-order valence-corrected chi connectivity index (χ2v) is 6.23. The van der Waals surface area contributed by atoms with Gasteiger partial charge in [-0.15, -0.1) is 0 Å². The first-order valence-corrected chi connectivity index (χ1v) is 8.22. The molecule has 2 N–H and O–H groups in total. The first kappa shape index (κ1) is 16.7. The third-order valence-electron chi connectivity index (χ3n) is 2.82. The molecule has 2 rings (SSSR count). The minimum atomic E-state index is -3.78. The van der Waals surface area contributed by atoms with E-state index < -0.39 is 10.0 Å². The Balaban J connectivity index is 2.21. The zero-order chi connectivity index (χ0) is 16.7. The van der Waals surface area contributed by atoms with Gasteiger partial charge in [0.05, 0.1) is 29.7 Å². The molecule has 0 amide bonds. The summed E-state index contributed by atoms with van der Waals surface area (Å²) in [6.45, 7) is -0.0945. The Morgan fingerprint density at radius 2 is 2.13 bits per heavy atom. The number of aliphatic hydroxyl groups is 1. The maximum absolute atomic E-state index is 12.4. The van der Waals surface area contributed by atoms with Gasteiger partial charge in [-0.2, -0.15) is 5.26 Å². The molecule has 0 aliphatic rings. The molecule has 0 fully saturated rings. The molecule has 0 unspecified atom stereocenters. The summed E-state index contributed by atoms with van der Waals surface area (Å²) in [7, 11) is -3.78. The summed E-state index contributed by atoms with van der Waals surface area (Å²) in [4.78, 5) is 3.98. The molecule has 7 nitrogen and oxygen atoms in total. The number of hydrogen-bond acceptors (Lipinski definition) is 6. The summed E-state index contributed by atoms with van der Waals surface area (Å²) in [5.74, 6) is 0.206. The summed E-state index contributed by atoms with van der Waals surface area (Å²) in [5, 5.41) is 17.4. The number of pyridine rings is 1. The smallest absolute Gasteiger partial charge is 0.261 e. The number of aromatic nitrogens is 1. The number of sulfonamides is 1. The number of nitriles is 1. The Morgan fingerprint density at radius 3 is 2.87 bits per heavy atom. The first-order chi connectivity index (χ1) is 11.0. The van der Waals surface area contributed by atoms with Gasteiger partial charge in [0.15, 0.2) is 0 Å². The maximum atomic E-state index is 12.4. The zero-order valence-corrected chi connectivity index (χ0v) is 13.0. The number of aliphatic hydroxyl groups excluding tert-OH is 1. The van der Waals surface area contributed by atoms with Crippen LogP contribution in [0.25, 0.3) is 0 Å². The van der Waals surface area contributed by atoms with Crippen molar-refractivity contribution in [1.82, 2.24) is 4.98 Å². The van der Waals surface area contributed by atoms with Gasteiger partial charge in [-0.05, 0) is 23.8 Å². The molecule has 0 aliphatic heterocycles. The van der Waals surface area contributed by atoms with Gasteiger partial charge in [0.2, 0.25) is 5.88 Å². The fourth-order valence-electron chi connectivity index (χ4n) is 1.83. The van der Waals surface area contributed by atoms with Crippen LogP contribution in [0.2, 0.25) is 0 Å². The summed E-state index contributed by atoms with van der Waals surface area (Å²) < 4.78 is 32.3. The fourth-order valence-corrected chi connectivity index (χ4v) is 2.95. The lowest BCUT2D eigenvalue weighted by Gasteiger charge is -2.10. The minimum absolute atomic E-state index is 0.0689. The van der Waals surface area contributed by atoms with Crippen molar-refractivity contribution >= 4 is 15.7 Å². The quantitative estimate of drug-likeness (QED) is 0.790. The number of benzene rings is 1. The average molecular weight is 333 g/mol. The van der Waals surface area contributed by atoms with E-state index in [2.05, 4.69) is 9.71 Å². The summed E-state index contributed by atoms with van der Waals surface area (Å²) >= 11 is 0. The molecule has 1 aromatic carbocycles. The van der Waals surface area contributed by atoms with E-state index in [-0.39, 0.29) is 30.4 Å². The van der Waals surface area contributed by atoms with Crippen LogP contribution in [0.1, 0.15) is 5.56 Å². The molecule has 0 spiro atoms. The van der Waals surface area contributed by atoms with Crippen molar-refractivity contribution in [2.24, 2.45) is 0 Å². The Hall–Kier alpha value is -2.63. The lowest BCUT2D eigenvalue weighted by atomic mass is 10.2. The third-order valence-corrected chi connectivity index (χ3v) is 4.20. The molecule has 8 heteroatoms. The lowest BCUT2D eigenvalue weighted by Crippen LogP contribution is -2.13. The fraction of sp³-hybridized carbons (Fsp3) is 0.200. The number of nitrogens with zero attached hydrogens (tertiary/aromatic N) is 2. The molecule has 23 heavy (non-hydrogen) atoms. The van der Waals surface area contributed by atoms with Crippen LogP contribution >= 0.6 is 0 Å². The summed E-state index contributed by atoms with van der Waals surface area (Å²) in [6.07, 6.45) is 1.54. The van der Waals surface area contributed by atoms with Gasteiger partial charge < -0.3 is 9.84 Å². The van der Waals surface area contributed by atoms with Crippen LogP contribution in [0.5, 0.6) is 5.88 Å². The van der Waals surface area contributed by atoms with Crippen molar-refractivity contribution in [3.8, 4) is 11.9 Å². The number of nitrogens with one attached hydrogen (secondary N) is 1. The molecule has 0 atom stereocenters. The zero-order valence-electron chi connectivity index (χ0n) is 12.1. The SMILES string of the molecule is N#CCc1cccc(S(=O)(=O)Nc2ccnc(OCCO)c2)c1. The van der Waals surface area contributed by atoms with E-state index in [9.17, 15) is 8.42 Å². The average Bonchev–Trinajstić information content (AvgIpc) is 2.53. The number of rotatable bonds is 7. The Kier molecular flexibility index (Phi) is 5.51. The molecule has 0 saturated heterocycles. The second-order valence-electron chi connectivity index (χ2n) is 4.54. The van der Waals surface area contributed by atoms with Gasteiger partial charge in [0, 0.05) is 12.3 Å². The van der Waals surface area contributed by atoms with Gasteiger partial charge in [-0.3, -0.25) is 4.72 Å². The molecule has 2 aromatic rings. The number of hydrogen-bond donors (Lipinski definition) is 2. The van der Waals surface area contributed by atoms with Crippen LogP contribution in [0.15, 0.2) is 47.5 Å². The van der Waals surface area contributed by atoms with Crippen molar-refractivity contribution in [3.63, 3.8) is 0 Å². The van der Waals surface area contributed by atoms with E-state index in [1.165, 1.54) is 30.5 Å². The van der Waals surface area contributed by atoms with E-state index in [0.29, 0.717) is 11.3 Å². The lowest BCUT2D eigenvalue weighted by molar-refractivity contribution is 0.197. The van der Waals surface area contributed by atoms with Crippen LogP contribution in [0.4, 0.5) is 5.69 Å². The van der Waals surface area contributed by atoms with Gasteiger partial charge in [0.1, 0.15) is 6.61 Å². The molecule has 0 bridgehead atoms. The maximum Gasteiger partial charge on any atom is 0.261 e. The van der Waals surface area contributed by atoms with Crippen molar-refractivity contribution in [2.45, 2.75) is 11.3 Å². The summed E-state index contributed by atoms with van der Waals surface area (Å²) in [6, 6.07) is 11.1. The minimum Gasteiger partial charge on any atom is -0.475 e. The van der Waals surface area contributed by atoms with Gasteiger partial charge in [-0.1, -0.05) is 12.1 Å². The van der Waals surface area contributed by atoms with Gasteiger partial charge in [0.25, 0.3) is 10.0 Å². The summed E-state index contributed by atoms with van der Waals surface area (Å²) in [5.41, 5.74) is 0.913. The van der Waals surface area contributed by atoms with E-state index in [1.807, 2.05) is 6.07 Å². The van der Waals surface area contributed by atoms with Crippen LogP contribution in [0, 0.1) is 11.3 Å². The van der Waals surface area contributed by atoms with Crippen LogP contribution in [0.3, 0.4) is 0 Å². The van der Waals surface area contributed by atoms with Crippen molar-refractivity contribution in [3.05, 3.63) is 48.2 Å². The molecule has 1 heterocycles. The van der Waals surface area contributed by atoms with E-state index in [4.69, 9.17) is 15.1 Å². The Morgan fingerprint density at radius 1 is 1.30 bits per heavy atom. The molecule has 120 valence electrons. The standard InChI is InChI=1S/C15H15N3O4S/c16-6-4-12-2-1-3-14(10-12)23(20,21)18-13-5-7-17-15(11-13)22-9-8-19/h1-3,5,7,10-11,19H,4,8-9H2,(H,17,18). The Labute approximate surface area is 134 Å². The normalized spacial score (nSPS) is 10.8. The topological polar surface area (TPSA) is 112 Å². The third kappa shape index (κ3) is 4.67. The number of ether oxygens (including phenoxy) is 1. The second kappa shape index (κ2) is 7.58.